The number of rotatable bonds is 2. The molecule has 0 radical (unpaired) electrons. The Labute approximate surface area is 147 Å². The molecule has 1 aliphatic heterocycles. The van der Waals surface area contributed by atoms with Crippen molar-refractivity contribution in [3.05, 3.63) is 40.3 Å². The number of thiazole rings is 1. The van der Waals surface area contributed by atoms with Crippen molar-refractivity contribution in [1.82, 2.24) is 9.55 Å². The van der Waals surface area contributed by atoms with Crippen molar-refractivity contribution in [2.75, 3.05) is 0 Å². The van der Waals surface area contributed by atoms with Crippen molar-refractivity contribution in [3.8, 4) is 16.6 Å². The van der Waals surface area contributed by atoms with Crippen molar-refractivity contribution in [2.45, 2.75) is 32.2 Å². The van der Waals surface area contributed by atoms with Crippen molar-refractivity contribution in [3.63, 3.8) is 0 Å². The maximum absolute atomic E-state index is 13.7. The Morgan fingerprint density at radius 2 is 2.28 bits per heavy atom. The molecule has 2 aromatic heterocycles. The van der Waals surface area contributed by atoms with Gasteiger partial charge in [0.15, 0.2) is 4.88 Å². The van der Waals surface area contributed by atoms with E-state index in [-0.39, 0.29) is 5.01 Å². The Balaban J connectivity index is 1.95. The van der Waals surface area contributed by atoms with Gasteiger partial charge in [0.05, 0.1) is 11.1 Å². The van der Waals surface area contributed by atoms with Crippen LogP contribution in [0.3, 0.4) is 0 Å². The summed E-state index contributed by atoms with van der Waals surface area (Å²) >= 11 is 0.782. The van der Waals surface area contributed by atoms with Gasteiger partial charge < -0.3 is 9.67 Å². The van der Waals surface area contributed by atoms with E-state index in [2.05, 4.69) is 28.6 Å². The number of hydrogen-bond acceptors (Lipinski definition) is 4. The minimum Gasteiger partial charge on any atom is -0.477 e. The summed E-state index contributed by atoms with van der Waals surface area (Å²) in [6, 6.07) is 8.15. The molecule has 3 heterocycles. The van der Waals surface area contributed by atoms with Crippen LogP contribution in [-0.4, -0.2) is 20.6 Å². The number of aromatic nitrogens is 2. The van der Waals surface area contributed by atoms with E-state index in [0.29, 0.717) is 17.2 Å². The summed E-state index contributed by atoms with van der Waals surface area (Å²) in [6.07, 6.45) is 3.16. The van der Waals surface area contributed by atoms with Gasteiger partial charge >= 0.3 is 5.97 Å². The Hall–Kier alpha value is -2.72. The number of aryl methyl sites for hydroxylation is 1. The van der Waals surface area contributed by atoms with Gasteiger partial charge in [-0.1, -0.05) is 0 Å². The first-order valence-electron chi connectivity index (χ1n) is 7.97. The molecular formula is C18H14FN3O2S. The summed E-state index contributed by atoms with van der Waals surface area (Å²) in [7, 11) is 0. The zero-order valence-electron chi connectivity index (χ0n) is 13.4. The van der Waals surface area contributed by atoms with Crippen LogP contribution in [0.2, 0.25) is 0 Å². The van der Waals surface area contributed by atoms with Gasteiger partial charge in [0.1, 0.15) is 11.1 Å². The molecule has 1 N–H and O–H groups in total. The highest BCUT2D eigenvalue weighted by molar-refractivity contribution is 7.16. The highest BCUT2D eigenvalue weighted by Gasteiger charge is 2.23. The van der Waals surface area contributed by atoms with Crippen molar-refractivity contribution < 1.29 is 14.3 Å². The van der Waals surface area contributed by atoms with Crippen LogP contribution in [0.25, 0.3) is 21.5 Å². The van der Waals surface area contributed by atoms with Gasteiger partial charge in [0.2, 0.25) is 5.95 Å². The molecule has 0 saturated carbocycles. The number of nitrogens with zero attached hydrogens (tertiary/aromatic N) is 3. The van der Waals surface area contributed by atoms with E-state index in [1.54, 1.807) is 6.07 Å². The molecule has 25 heavy (non-hydrogen) atoms. The molecular weight excluding hydrogens is 341 g/mol. The predicted octanol–water partition coefficient (Wildman–Crippen LogP) is 4.37. The molecule has 5 nitrogen and oxygen atoms in total. The molecule has 1 aliphatic rings. The van der Waals surface area contributed by atoms with E-state index in [1.807, 2.05) is 6.07 Å². The largest absolute Gasteiger partial charge is 0.477 e. The van der Waals surface area contributed by atoms with E-state index >= 15 is 0 Å². The Bertz CT molecular complexity index is 1060. The Morgan fingerprint density at radius 1 is 1.48 bits per heavy atom. The predicted molar refractivity (Wildman–Crippen MR) is 92.3 cm³/mol. The Morgan fingerprint density at radius 3 is 2.96 bits per heavy atom. The zero-order chi connectivity index (χ0) is 17.7. The lowest BCUT2D eigenvalue weighted by atomic mass is 10.0. The molecule has 0 fully saturated rings. The lowest BCUT2D eigenvalue weighted by molar-refractivity contribution is 0.0697. The summed E-state index contributed by atoms with van der Waals surface area (Å²) < 4.78 is 15.9. The molecule has 0 spiro atoms. The summed E-state index contributed by atoms with van der Waals surface area (Å²) in [6.45, 7) is 2.15. The minimum absolute atomic E-state index is 0.269. The number of aromatic carboxylic acids is 1. The highest BCUT2D eigenvalue weighted by atomic mass is 32.1. The first-order valence-corrected chi connectivity index (χ1v) is 8.79. The van der Waals surface area contributed by atoms with Crippen LogP contribution in [0.5, 0.6) is 0 Å². The van der Waals surface area contributed by atoms with E-state index in [1.165, 1.54) is 5.69 Å². The monoisotopic (exact) mass is 355 g/mol. The number of fused-ring (bicyclic) bond motifs is 3. The van der Waals surface area contributed by atoms with Crippen LogP contribution in [0, 0.1) is 17.3 Å². The second-order valence-corrected chi connectivity index (χ2v) is 7.26. The molecule has 7 heteroatoms. The summed E-state index contributed by atoms with van der Waals surface area (Å²) in [5, 5.41) is 19.8. The first-order chi connectivity index (χ1) is 12.0. The van der Waals surface area contributed by atoms with E-state index in [9.17, 15) is 14.4 Å². The lowest BCUT2D eigenvalue weighted by Gasteiger charge is -2.24. The maximum Gasteiger partial charge on any atom is 0.350 e. The standard InChI is InChI=1S/C18H14FN3O2S/c1-9-3-2-4-13-7-10-5-11(6-12(8-20)14(10)22(9)13)17-21-16(19)15(25-17)18(23)24/h5-7,9H,2-4H2,1H3,(H,23,24)/t9-/m0/s1. The Kier molecular flexibility index (Phi) is 3.58. The van der Waals surface area contributed by atoms with Gasteiger partial charge in [0, 0.05) is 22.7 Å². The number of hydrogen-bond donors (Lipinski definition) is 1. The third-order valence-electron chi connectivity index (χ3n) is 4.65. The fourth-order valence-electron chi connectivity index (χ4n) is 3.60. The SMILES string of the molecule is C[C@H]1CCCc2cc3cc(-c4nc(F)c(C(=O)O)s4)cc(C#N)c3n21. The average molecular weight is 355 g/mol. The molecule has 1 aromatic carbocycles. The molecule has 0 unspecified atom stereocenters. The summed E-state index contributed by atoms with van der Waals surface area (Å²) in [5.41, 5.74) is 3.15. The van der Waals surface area contributed by atoms with Crippen LogP contribution >= 0.6 is 11.3 Å². The summed E-state index contributed by atoms with van der Waals surface area (Å²) in [5.74, 6) is -2.33. The minimum atomic E-state index is -1.34. The number of halogens is 1. The highest BCUT2D eigenvalue weighted by Crippen LogP contribution is 2.37. The first kappa shape index (κ1) is 15.8. The van der Waals surface area contributed by atoms with E-state index in [4.69, 9.17) is 5.11 Å². The van der Waals surface area contributed by atoms with E-state index < -0.39 is 16.8 Å². The number of carbonyl (C=O) groups is 1. The van der Waals surface area contributed by atoms with Crippen molar-refractivity contribution in [1.29, 1.82) is 5.26 Å². The van der Waals surface area contributed by atoms with Crippen LogP contribution in [0.15, 0.2) is 18.2 Å². The number of carboxylic acid groups (broad SMARTS) is 1. The molecule has 4 rings (SSSR count). The van der Waals surface area contributed by atoms with Crippen LogP contribution in [0.4, 0.5) is 4.39 Å². The fraction of sp³-hybridized carbons (Fsp3) is 0.278. The third kappa shape index (κ3) is 2.41. The third-order valence-corrected chi connectivity index (χ3v) is 5.72. The topological polar surface area (TPSA) is 78.9 Å². The second-order valence-electron chi connectivity index (χ2n) is 6.26. The van der Waals surface area contributed by atoms with Crippen LogP contribution < -0.4 is 0 Å². The molecule has 0 aliphatic carbocycles. The quantitative estimate of drug-likeness (QED) is 0.740. The van der Waals surface area contributed by atoms with Crippen LogP contribution in [0.1, 0.15) is 46.7 Å². The maximum atomic E-state index is 13.7. The molecule has 1 atom stereocenters. The molecule has 3 aromatic rings. The lowest BCUT2D eigenvalue weighted by Crippen LogP contribution is -2.14. The number of carboxylic acids is 1. The van der Waals surface area contributed by atoms with Gasteiger partial charge in [-0.25, -0.2) is 9.78 Å². The number of nitriles is 1. The molecule has 126 valence electrons. The normalized spacial score (nSPS) is 16.6. The molecule has 0 amide bonds. The second kappa shape index (κ2) is 5.67. The van der Waals surface area contributed by atoms with E-state index in [0.717, 1.165) is 41.5 Å². The van der Waals surface area contributed by atoms with Crippen LogP contribution in [-0.2, 0) is 6.42 Å². The average Bonchev–Trinajstić information content (AvgIpc) is 3.15. The number of benzene rings is 1. The van der Waals surface area contributed by atoms with Gasteiger partial charge in [-0.2, -0.15) is 9.65 Å². The molecule has 0 bridgehead atoms. The van der Waals surface area contributed by atoms with Gasteiger partial charge in [-0.3, -0.25) is 0 Å². The molecule has 0 saturated heterocycles. The van der Waals surface area contributed by atoms with Gasteiger partial charge in [0.25, 0.3) is 0 Å². The van der Waals surface area contributed by atoms with Crippen molar-refractivity contribution >= 4 is 28.2 Å². The summed E-state index contributed by atoms with van der Waals surface area (Å²) in [4.78, 5) is 14.4. The van der Waals surface area contributed by atoms with Crippen molar-refractivity contribution in [2.24, 2.45) is 0 Å². The van der Waals surface area contributed by atoms with Gasteiger partial charge in [-0.15, -0.1) is 11.3 Å². The van der Waals surface area contributed by atoms with Gasteiger partial charge in [-0.05, 0) is 44.4 Å². The fourth-order valence-corrected chi connectivity index (χ4v) is 4.37. The smallest absolute Gasteiger partial charge is 0.350 e. The zero-order valence-corrected chi connectivity index (χ0v) is 14.2.